The minimum absolute atomic E-state index is 0.203. The number of carbonyl (C=O) groups is 1. The number of anilines is 2. The molecule has 0 saturated heterocycles. The second-order valence-electron chi connectivity index (χ2n) is 4.40. The quantitative estimate of drug-likeness (QED) is 0.887. The van der Waals surface area contributed by atoms with E-state index >= 15 is 0 Å². The molecule has 1 aromatic carbocycles. The zero-order valence-electron chi connectivity index (χ0n) is 11.5. The van der Waals surface area contributed by atoms with Crippen molar-refractivity contribution in [2.24, 2.45) is 0 Å². The Hall–Kier alpha value is -2.50. The van der Waals surface area contributed by atoms with Gasteiger partial charge in [-0.1, -0.05) is 13.0 Å². The van der Waals surface area contributed by atoms with Crippen molar-refractivity contribution in [3.05, 3.63) is 53.9 Å². The molecule has 0 spiro atoms. The molecule has 2 N–H and O–H groups in total. The summed E-state index contributed by atoms with van der Waals surface area (Å²) in [4.78, 5) is 16.1. The Morgan fingerprint density at radius 2 is 2.05 bits per heavy atom. The van der Waals surface area contributed by atoms with Crippen LogP contribution in [-0.4, -0.2) is 17.4 Å². The maximum absolute atomic E-state index is 13.6. The Bertz CT molecular complexity index is 647. The van der Waals surface area contributed by atoms with Gasteiger partial charge in [-0.25, -0.2) is 8.78 Å². The second-order valence-corrected chi connectivity index (χ2v) is 4.40. The number of aromatic nitrogens is 1. The summed E-state index contributed by atoms with van der Waals surface area (Å²) >= 11 is 0. The molecule has 1 heterocycles. The molecule has 0 saturated carbocycles. The molecule has 0 unspecified atom stereocenters. The third-order valence-electron chi connectivity index (χ3n) is 2.83. The van der Waals surface area contributed by atoms with Crippen LogP contribution in [0, 0.1) is 11.6 Å². The molecule has 0 aliphatic rings. The highest BCUT2D eigenvalue weighted by Crippen LogP contribution is 2.20. The molecule has 1 amide bonds. The summed E-state index contributed by atoms with van der Waals surface area (Å²) in [6.07, 6.45) is 3.82. The van der Waals surface area contributed by atoms with Crippen molar-refractivity contribution in [3.8, 4) is 0 Å². The summed E-state index contributed by atoms with van der Waals surface area (Å²) in [5, 5.41) is 5.44. The zero-order valence-corrected chi connectivity index (χ0v) is 11.5. The van der Waals surface area contributed by atoms with Gasteiger partial charge in [0.1, 0.15) is 0 Å². The molecule has 0 atom stereocenters. The highest BCUT2D eigenvalue weighted by Gasteiger charge is 2.15. The van der Waals surface area contributed by atoms with Gasteiger partial charge in [0, 0.05) is 18.9 Å². The van der Waals surface area contributed by atoms with Gasteiger partial charge >= 0.3 is 0 Å². The predicted octanol–water partition coefficient (Wildman–Crippen LogP) is 3.43. The number of hydrogen-bond acceptors (Lipinski definition) is 3. The number of halogens is 2. The smallest absolute Gasteiger partial charge is 0.259 e. The Labute approximate surface area is 121 Å². The first-order valence-corrected chi connectivity index (χ1v) is 6.56. The fourth-order valence-corrected chi connectivity index (χ4v) is 1.78. The van der Waals surface area contributed by atoms with Gasteiger partial charge < -0.3 is 10.6 Å². The summed E-state index contributed by atoms with van der Waals surface area (Å²) in [5.74, 6) is -2.65. The number of pyridine rings is 1. The van der Waals surface area contributed by atoms with Crippen LogP contribution in [0.15, 0.2) is 36.7 Å². The lowest BCUT2D eigenvalue weighted by molar-refractivity contribution is 0.102. The van der Waals surface area contributed by atoms with E-state index in [0.717, 1.165) is 12.5 Å². The van der Waals surface area contributed by atoms with E-state index in [-0.39, 0.29) is 11.3 Å². The van der Waals surface area contributed by atoms with Crippen LogP contribution in [-0.2, 0) is 0 Å². The molecular weight excluding hydrogens is 276 g/mol. The van der Waals surface area contributed by atoms with E-state index in [1.807, 2.05) is 6.92 Å². The molecule has 0 bridgehead atoms. The Morgan fingerprint density at radius 1 is 1.24 bits per heavy atom. The van der Waals surface area contributed by atoms with Crippen molar-refractivity contribution in [1.82, 2.24) is 4.98 Å². The maximum atomic E-state index is 13.6. The van der Waals surface area contributed by atoms with Crippen LogP contribution in [0.1, 0.15) is 23.7 Å². The van der Waals surface area contributed by atoms with Gasteiger partial charge in [0.25, 0.3) is 5.91 Å². The van der Waals surface area contributed by atoms with Crippen molar-refractivity contribution in [2.75, 3.05) is 17.2 Å². The van der Waals surface area contributed by atoms with Crippen molar-refractivity contribution in [1.29, 1.82) is 0 Å². The number of carbonyl (C=O) groups excluding carboxylic acids is 1. The molecule has 6 heteroatoms. The fourth-order valence-electron chi connectivity index (χ4n) is 1.78. The van der Waals surface area contributed by atoms with Crippen LogP contribution in [0.5, 0.6) is 0 Å². The number of nitrogens with zero attached hydrogens (tertiary/aromatic N) is 1. The number of benzene rings is 1. The molecular formula is C15H15F2N3O. The molecule has 2 aromatic rings. The van der Waals surface area contributed by atoms with Crippen molar-refractivity contribution >= 4 is 17.3 Å². The summed E-state index contributed by atoms with van der Waals surface area (Å²) in [7, 11) is 0. The molecule has 2 rings (SSSR count). The number of hydrogen-bond donors (Lipinski definition) is 2. The summed E-state index contributed by atoms with van der Waals surface area (Å²) in [5.41, 5.74) is 0.668. The van der Waals surface area contributed by atoms with E-state index in [1.54, 1.807) is 12.3 Å². The number of rotatable bonds is 5. The third kappa shape index (κ3) is 3.53. The van der Waals surface area contributed by atoms with E-state index in [2.05, 4.69) is 15.6 Å². The minimum atomic E-state index is -1.09. The normalized spacial score (nSPS) is 10.2. The van der Waals surface area contributed by atoms with Crippen molar-refractivity contribution in [2.45, 2.75) is 13.3 Å². The predicted molar refractivity (Wildman–Crippen MR) is 77.3 cm³/mol. The monoisotopic (exact) mass is 291 g/mol. The average Bonchev–Trinajstić information content (AvgIpc) is 2.50. The Balaban J connectivity index is 2.22. The van der Waals surface area contributed by atoms with Gasteiger partial charge in [0.2, 0.25) is 0 Å². The molecule has 21 heavy (non-hydrogen) atoms. The summed E-state index contributed by atoms with van der Waals surface area (Å²) < 4.78 is 26.7. The first-order chi connectivity index (χ1) is 10.1. The third-order valence-corrected chi connectivity index (χ3v) is 2.83. The first-order valence-electron chi connectivity index (χ1n) is 6.56. The fraction of sp³-hybridized carbons (Fsp3) is 0.200. The lowest BCUT2D eigenvalue weighted by atomic mass is 10.2. The number of amides is 1. The second kappa shape index (κ2) is 6.78. The first kappa shape index (κ1) is 14.9. The minimum Gasteiger partial charge on any atom is -0.384 e. The largest absolute Gasteiger partial charge is 0.384 e. The van der Waals surface area contributed by atoms with Gasteiger partial charge in [-0.3, -0.25) is 9.78 Å². The summed E-state index contributed by atoms with van der Waals surface area (Å²) in [6.45, 7) is 2.69. The van der Waals surface area contributed by atoms with Crippen LogP contribution in [0.25, 0.3) is 0 Å². The molecule has 0 fully saturated rings. The van der Waals surface area contributed by atoms with Gasteiger partial charge in [-0.15, -0.1) is 0 Å². The van der Waals surface area contributed by atoms with Crippen LogP contribution in [0.4, 0.5) is 20.2 Å². The molecule has 0 aliphatic heterocycles. The maximum Gasteiger partial charge on any atom is 0.259 e. The van der Waals surface area contributed by atoms with Gasteiger partial charge in [0.15, 0.2) is 11.6 Å². The molecule has 0 radical (unpaired) electrons. The zero-order chi connectivity index (χ0) is 15.2. The van der Waals surface area contributed by atoms with Gasteiger partial charge in [0.05, 0.1) is 16.9 Å². The van der Waals surface area contributed by atoms with E-state index < -0.39 is 17.5 Å². The highest BCUT2D eigenvalue weighted by atomic mass is 19.2. The number of nitrogens with one attached hydrogen (secondary N) is 2. The van der Waals surface area contributed by atoms with E-state index in [1.165, 1.54) is 18.3 Å². The summed E-state index contributed by atoms with van der Waals surface area (Å²) in [6, 6.07) is 5.27. The SMILES string of the molecule is CCCNc1ccncc1C(=O)Nc1cccc(F)c1F. The standard InChI is InChI=1S/C15H15F2N3O/c1-2-7-19-12-6-8-18-9-10(12)15(21)20-13-5-3-4-11(16)14(13)17/h3-6,8-9H,2,7H2,1H3,(H,18,19)(H,20,21). The lowest BCUT2D eigenvalue weighted by Gasteiger charge is -2.11. The van der Waals surface area contributed by atoms with Gasteiger partial charge in [-0.05, 0) is 24.6 Å². The van der Waals surface area contributed by atoms with Crippen LogP contribution < -0.4 is 10.6 Å². The molecule has 0 aliphatic carbocycles. The van der Waals surface area contributed by atoms with E-state index in [4.69, 9.17) is 0 Å². The molecule has 110 valence electrons. The Kier molecular flexibility index (Phi) is 4.81. The van der Waals surface area contributed by atoms with Crippen molar-refractivity contribution in [3.63, 3.8) is 0 Å². The Morgan fingerprint density at radius 3 is 2.81 bits per heavy atom. The van der Waals surface area contributed by atoms with E-state index in [0.29, 0.717) is 12.2 Å². The topological polar surface area (TPSA) is 54.0 Å². The van der Waals surface area contributed by atoms with Crippen LogP contribution >= 0.6 is 0 Å². The highest BCUT2D eigenvalue weighted by molar-refractivity contribution is 6.07. The molecule has 4 nitrogen and oxygen atoms in total. The van der Waals surface area contributed by atoms with Gasteiger partial charge in [-0.2, -0.15) is 0 Å². The van der Waals surface area contributed by atoms with E-state index in [9.17, 15) is 13.6 Å². The van der Waals surface area contributed by atoms with Crippen LogP contribution in [0.2, 0.25) is 0 Å². The lowest BCUT2D eigenvalue weighted by Crippen LogP contribution is -2.16. The molecule has 1 aromatic heterocycles. The average molecular weight is 291 g/mol. The van der Waals surface area contributed by atoms with Crippen molar-refractivity contribution < 1.29 is 13.6 Å². The van der Waals surface area contributed by atoms with Crippen LogP contribution in [0.3, 0.4) is 0 Å².